The van der Waals surface area contributed by atoms with Crippen molar-refractivity contribution in [1.29, 1.82) is 0 Å². The van der Waals surface area contributed by atoms with Gasteiger partial charge in [0, 0.05) is 35.6 Å². The molecule has 0 unspecified atom stereocenters. The molecule has 0 atom stereocenters. The predicted molar refractivity (Wildman–Crippen MR) is 132 cm³/mol. The van der Waals surface area contributed by atoms with Crippen molar-refractivity contribution in [1.82, 2.24) is 14.9 Å². The number of carbonyl (C=O) groups excluding carboxylic acids is 1. The molecule has 1 N–H and O–H groups in total. The van der Waals surface area contributed by atoms with Crippen LogP contribution >= 0.6 is 0 Å². The fraction of sp³-hybridized carbons (Fsp3) is 0.444. The number of aromatic nitrogens is 2. The number of fused-ring (bicyclic) bond motifs is 5. The third kappa shape index (κ3) is 4.48. The van der Waals surface area contributed by atoms with E-state index < -0.39 is 11.6 Å². The highest BCUT2D eigenvalue weighted by molar-refractivity contribution is 5.84. The van der Waals surface area contributed by atoms with Gasteiger partial charge in [-0.15, -0.1) is 0 Å². The molecule has 0 amide bonds. The second-order valence-electron chi connectivity index (χ2n) is 9.98. The number of hydrogen-bond acceptors (Lipinski definition) is 8. The van der Waals surface area contributed by atoms with Gasteiger partial charge in [0.05, 0.1) is 37.4 Å². The molecule has 3 aromatic rings. The topological polar surface area (TPSA) is 85.8 Å². The molecule has 1 saturated carbocycles. The lowest BCUT2D eigenvalue weighted by molar-refractivity contribution is -0.138. The largest absolute Gasteiger partial charge is 0.497 e. The molecule has 3 aliphatic heterocycles. The Hall–Kier alpha value is -3.37. The summed E-state index contributed by atoms with van der Waals surface area (Å²) in [6, 6.07) is 6.66. The predicted octanol–water partition coefficient (Wildman–Crippen LogP) is 4.00. The lowest BCUT2D eigenvalue weighted by Crippen LogP contribution is -2.59. The maximum Gasteiger partial charge on any atom is 0.332 e. The fourth-order valence-corrected chi connectivity index (χ4v) is 5.77. The molecule has 2 aromatic heterocycles. The Balaban J connectivity index is 1.32. The Labute approximate surface area is 212 Å². The number of esters is 1. The second kappa shape index (κ2) is 9.50. The third-order valence-electron chi connectivity index (χ3n) is 7.85. The normalized spacial score (nSPS) is 22.6. The number of pyridine rings is 2. The van der Waals surface area contributed by atoms with Crippen LogP contribution in [0.15, 0.2) is 30.5 Å². The van der Waals surface area contributed by atoms with Crippen LogP contribution in [0.5, 0.6) is 11.6 Å². The summed E-state index contributed by atoms with van der Waals surface area (Å²) in [7, 11) is 1.45. The van der Waals surface area contributed by atoms with Gasteiger partial charge in [0.15, 0.2) is 5.82 Å². The average Bonchev–Trinajstić information content (AvgIpc) is 2.92. The summed E-state index contributed by atoms with van der Waals surface area (Å²) in [6.45, 7) is 1.68. The van der Waals surface area contributed by atoms with Crippen molar-refractivity contribution in [3.63, 3.8) is 0 Å². The summed E-state index contributed by atoms with van der Waals surface area (Å²) in [5.74, 6) is -0.829. The summed E-state index contributed by atoms with van der Waals surface area (Å²) >= 11 is 0. The number of hydrogen-bond donors (Lipinski definition) is 1. The highest BCUT2D eigenvalue weighted by Gasteiger charge is 2.45. The lowest BCUT2D eigenvalue weighted by atomic mass is 9.76. The highest BCUT2D eigenvalue weighted by atomic mass is 19.1. The van der Waals surface area contributed by atoms with Crippen molar-refractivity contribution in [2.45, 2.75) is 50.3 Å². The number of benzene rings is 1. The second-order valence-corrected chi connectivity index (χ2v) is 9.98. The molecule has 8 nitrogen and oxygen atoms in total. The summed E-state index contributed by atoms with van der Waals surface area (Å²) in [6.07, 6.45) is 5.62. The van der Waals surface area contributed by atoms with Gasteiger partial charge in [-0.05, 0) is 50.3 Å². The molecule has 0 radical (unpaired) electrons. The van der Waals surface area contributed by atoms with Crippen LogP contribution in [0.25, 0.3) is 10.9 Å². The lowest BCUT2D eigenvalue weighted by Gasteiger charge is -2.52. The summed E-state index contributed by atoms with van der Waals surface area (Å²) < 4.78 is 46.4. The first kappa shape index (κ1) is 24.0. The number of nitrogens with one attached hydrogen (secondary N) is 1. The molecular formula is C27H28F2N4O4. The highest BCUT2D eigenvalue weighted by Crippen LogP contribution is 2.42. The molecule has 2 saturated heterocycles. The van der Waals surface area contributed by atoms with Crippen LogP contribution in [0.2, 0.25) is 0 Å². The number of nitrogens with zero attached hydrogens (tertiary/aromatic N) is 3. The van der Waals surface area contributed by atoms with Gasteiger partial charge < -0.3 is 19.5 Å². The smallest absolute Gasteiger partial charge is 0.332 e. The molecule has 2 bridgehead atoms. The zero-order valence-electron chi connectivity index (χ0n) is 20.6. The maximum absolute atomic E-state index is 15.1. The number of rotatable bonds is 7. The fourth-order valence-electron chi connectivity index (χ4n) is 5.77. The van der Waals surface area contributed by atoms with Crippen molar-refractivity contribution >= 4 is 22.6 Å². The van der Waals surface area contributed by atoms with E-state index in [4.69, 9.17) is 14.2 Å². The molecule has 7 rings (SSSR count). The molecule has 3 fully saturated rings. The first-order valence-corrected chi connectivity index (χ1v) is 12.6. The van der Waals surface area contributed by atoms with E-state index in [0.717, 1.165) is 37.6 Å². The van der Waals surface area contributed by atoms with Crippen LogP contribution in [-0.4, -0.2) is 59.3 Å². The van der Waals surface area contributed by atoms with E-state index in [9.17, 15) is 9.18 Å². The average molecular weight is 511 g/mol. The van der Waals surface area contributed by atoms with Crippen molar-refractivity contribution in [2.24, 2.45) is 0 Å². The zero-order valence-corrected chi connectivity index (χ0v) is 20.6. The Morgan fingerprint density at radius 2 is 2.05 bits per heavy atom. The van der Waals surface area contributed by atoms with Crippen LogP contribution in [0.4, 0.5) is 14.5 Å². The van der Waals surface area contributed by atoms with Gasteiger partial charge in [0.2, 0.25) is 5.88 Å². The van der Waals surface area contributed by atoms with E-state index in [1.54, 1.807) is 6.07 Å². The monoisotopic (exact) mass is 510 g/mol. The minimum absolute atomic E-state index is 0.110. The summed E-state index contributed by atoms with van der Waals surface area (Å²) in [4.78, 5) is 22.6. The molecule has 37 heavy (non-hydrogen) atoms. The number of anilines is 1. The van der Waals surface area contributed by atoms with Gasteiger partial charge in [-0.1, -0.05) is 0 Å². The van der Waals surface area contributed by atoms with Gasteiger partial charge >= 0.3 is 5.97 Å². The molecular weight excluding hydrogens is 482 g/mol. The van der Waals surface area contributed by atoms with Gasteiger partial charge in [-0.2, -0.15) is 0 Å². The van der Waals surface area contributed by atoms with Crippen molar-refractivity contribution < 1.29 is 27.8 Å². The van der Waals surface area contributed by atoms with Crippen molar-refractivity contribution in [3.05, 3.63) is 53.4 Å². The van der Waals surface area contributed by atoms with E-state index in [-0.39, 0.29) is 29.4 Å². The molecule has 1 aliphatic carbocycles. The molecule has 4 aliphatic rings. The van der Waals surface area contributed by atoms with Crippen molar-refractivity contribution in [3.8, 4) is 11.6 Å². The molecule has 0 spiro atoms. The standard InChI is InChI=1S/C27H28F2N4O4/c1-35-18-10-20-19(22(29)12-31-25(20)21(28)11-18)6-9-33(27-7-4-17(5-8-27)36-15-27)14-16-2-3-23-26(32-16)37-24(34)13-30-23/h2-3,10-12,17,30H,4-9,13-15H2,1H3. The van der Waals surface area contributed by atoms with Gasteiger partial charge in [0.1, 0.15) is 23.6 Å². The number of halogens is 2. The van der Waals surface area contributed by atoms with Gasteiger partial charge in [0.25, 0.3) is 0 Å². The first-order chi connectivity index (χ1) is 17.9. The van der Waals surface area contributed by atoms with E-state index >= 15 is 4.39 Å². The number of methoxy groups -OCH3 is 1. The van der Waals surface area contributed by atoms with Crippen LogP contribution < -0.4 is 14.8 Å². The van der Waals surface area contributed by atoms with Crippen molar-refractivity contribution in [2.75, 3.05) is 32.1 Å². The van der Waals surface area contributed by atoms with Gasteiger partial charge in [-0.25, -0.2) is 18.6 Å². The SMILES string of the molecule is COc1cc(F)c2ncc(F)c(CCN(Cc3ccc4c(n3)OC(=O)CN4)C34CCC(CC3)OC4)c2c1. The first-order valence-electron chi connectivity index (χ1n) is 12.6. The third-order valence-corrected chi connectivity index (χ3v) is 7.85. The van der Waals surface area contributed by atoms with Gasteiger partial charge in [-0.3, -0.25) is 9.88 Å². The maximum atomic E-state index is 15.1. The minimum atomic E-state index is -0.550. The summed E-state index contributed by atoms with van der Waals surface area (Å²) in [5.41, 5.74) is 1.73. The van der Waals surface area contributed by atoms with Crippen LogP contribution in [0, 0.1) is 11.6 Å². The summed E-state index contributed by atoms with van der Waals surface area (Å²) in [5, 5.41) is 3.41. The quantitative estimate of drug-likeness (QED) is 0.478. The molecule has 1 aromatic carbocycles. The number of ether oxygens (including phenoxy) is 3. The Morgan fingerprint density at radius 1 is 1.22 bits per heavy atom. The number of carbonyl (C=O) groups is 1. The zero-order chi connectivity index (χ0) is 25.6. The van der Waals surface area contributed by atoms with Crippen LogP contribution in [-0.2, 0) is 22.5 Å². The van der Waals surface area contributed by atoms with E-state index in [1.165, 1.54) is 13.2 Å². The van der Waals surface area contributed by atoms with E-state index in [1.807, 2.05) is 12.1 Å². The van der Waals surface area contributed by atoms with Crippen LogP contribution in [0.3, 0.4) is 0 Å². The Morgan fingerprint density at radius 3 is 2.81 bits per heavy atom. The molecule has 194 valence electrons. The van der Waals surface area contributed by atoms with Crippen LogP contribution in [0.1, 0.15) is 36.9 Å². The Bertz CT molecular complexity index is 1350. The van der Waals surface area contributed by atoms with E-state index in [0.29, 0.717) is 54.6 Å². The molecule has 5 heterocycles. The van der Waals surface area contributed by atoms with E-state index in [2.05, 4.69) is 20.2 Å². The minimum Gasteiger partial charge on any atom is -0.497 e. The molecule has 10 heteroatoms. The Kier molecular flexibility index (Phi) is 6.16.